The van der Waals surface area contributed by atoms with Gasteiger partial charge in [-0.1, -0.05) is 15.9 Å². The molecular formula is C12H16BrO2-. The topological polar surface area (TPSA) is 40.1 Å². The van der Waals surface area contributed by atoms with Crippen molar-refractivity contribution < 1.29 is 9.90 Å². The van der Waals surface area contributed by atoms with Gasteiger partial charge in [-0.05, 0) is 62.2 Å². The van der Waals surface area contributed by atoms with Crippen molar-refractivity contribution in [2.75, 3.05) is 0 Å². The molecule has 84 valence electrons. The number of rotatable bonds is 2. The van der Waals surface area contributed by atoms with Crippen molar-refractivity contribution in [3.8, 4) is 0 Å². The average Bonchev–Trinajstić information content (AvgIpc) is 1.94. The molecule has 3 heteroatoms. The van der Waals surface area contributed by atoms with Crippen LogP contribution in [-0.4, -0.2) is 10.3 Å². The lowest BCUT2D eigenvalue weighted by atomic mass is 9.49. The molecular weight excluding hydrogens is 256 g/mol. The molecule has 0 aliphatic heterocycles. The highest BCUT2D eigenvalue weighted by Crippen LogP contribution is 2.65. The Bertz CT molecular complexity index is 299. The molecule has 4 fully saturated rings. The van der Waals surface area contributed by atoms with E-state index in [4.69, 9.17) is 0 Å². The van der Waals surface area contributed by atoms with Gasteiger partial charge in [0.2, 0.25) is 0 Å². The number of aliphatic carboxylic acids is 1. The normalized spacial score (nSPS) is 52.1. The van der Waals surface area contributed by atoms with Crippen molar-refractivity contribution in [2.24, 2.45) is 17.3 Å². The van der Waals surface area contributed by atoms with Crippen LogP contribution in [0.1, 0.15) is 44.9 Å². The van der Waals surface area contributed by atoms with Crippen molar-refractivity contribution in [3.05, 3.63) is 0 Å². The molecule has 0 unspecified atom stereocenters. The van der Waals surface area contributed by atoms with Gasteiger partial charge >= 0.3 is 0 Å². The van der Waals surface area contributed by atoms with Crippen molar-refractivity contribution in [1.29, 1.82) is 0 Å². The first-order chi connectivity index (χ1) is 6.99. The summed E-state index contributed by atoms with van der Waals surface area (Å²) in [5.74, 6) is 0.683. The highest BCUT2D eigenvalue weighted by atomic mass is 79.9. The minimum atomic E-state index is -0.854. The summed E-state index contributed by atoms with van der Waals surface area (Å²) in [5.41, 5.74) is 0.0758. The molecule has 0 N–H and O–H groups in total. The van der Waals surface area contributed by atoms with Crippen LogP contribution in [0, 0.1) is 17.3 Å². The number of carbonyl (C=O) groups is 1. The fraction of sp³-hybridized carbons (Fsp3) is 0.917. The number of halogens is 1. The first-order valence-electron chi connectivity index (χ1n) is 5.88. The van der Waals surface area contributed by atoms with E-state index in [0.29, 0.717) is 0 Å². The Balaban J connectivity index is 1.89. The van der Waals surface area contributed by atoms with E-state index in [-0.39, 0.29) is 16.2 Å². The van der Waals surface area contributed by atoms with E-state index in [2.05, 4.69) is 15.9 Å². The largest absolute Gasteiger partial charge is 0.550 e. The summed E-state index contributed by atoms with van der Waals surface area (Å²) in [6, 6.07) is 0. The summed E-state index contributed by atoms with van der Waals surface area (Å²) >= 11 is 3.87. The Morgan fingerprint density at radius 1 is 1.27 bits per heavy atom. The van der Waals surface area contributed by atoms with Crippen LogP contribution in [0.3, 0.4) is 0 Å². The molecule has 15 heavy (non-hydrogen) atoms. The maximum absolute atomic E-state index is 10.9. The number of alkyl halides is 1. The zero-order valence-corrected chi connectivity index (χ0v) is 10.4. The zero-order chi connectivity index (χ0) is 10.7. The van der Waals surface area contributed by atoms with Gasteiger partial charge in [0, 0.05) is 10.3 Å². The zero-order valence-electron chi connectivity index (χ0n) is 8.80. The minimum absolute atomic E-state index is 0.0758. The highest BCUT2D eigenvalue weighted by molar-refractivity contribution is 9.10. The van der Waals surface area contributed by atoms with Crippen LogP contribution in [0.15, 0.2) is 0 Å². The molecule has 0 aromatic rings. The summed E-state index contributed by atoms with van der Waals surface area (Å²) < 4.78 is 0.270. The second-order valence-corrected chi connectivity index (χ2v) is 7.84. The molecule has 2 atom stereocenters. The predicted octanol–water partition coefficient (Wildman–Crippen LogP) is 1.86. The van der Waals surface area contributed by atoms with Gasteiger partial charge in [-0.15, -0.1) is 0 Å². The van der Waals surface area contributed by atoms with Gasteiger partial charge in [0.05, 0.1) is 0 Å². The van der Waals surface area contributed by atoms with Crippen molar-refractivity contribution in [1.82, 2.24) is 0 Å². The van der Waals surface area contributed by atoms with Crippen molar-refractivity contribution in [2.45, 2.75) is 49.3 Å². The predicted molar refractivity (Wildman–Crippen MR) is 58.4 cm³/mol. The number of hydrogen-bond donors (Lipinski definition) is 0. The first kappa shape index (κ1) is 10.1. The van der Waals surface area contributed by atoms with Crippen LogP contribution in [0.5, 0.6) is 0 Å². The molecule has 4 aliphatic rings. The van der Waals surface area contributed by atoms with Crippen LogP contribution in [0.2, 0.25) is 0 Å². The fourth-order valence-corrected chi connectivity index (χ4v) is 6.36. The van der Waals surface area contributed by atoms with Gasteiger partial charge in [0.1, 0.15) is 0 Å². The second kappa shape index (κ2) is 2.99. The summed E-state index contributed by atoms with van der Waals surface area (Å²) in [7, 11) is 0. The molecule has 0 amide bonds. The molecule has 0 spiro atoms. The van der Waals surface area contributed by atoms with E-state index in [9.17, 15) is 9.90 Å². The third-order valence-corrected chi connectivity index (χ3v) is 5.56. The fourth-order valence-electron chi connectivity index (χ4n) is 4.85. The Hall–Kier alpha value is -0.0500. The van der Waals surface area contributed by atoms with E-state index < -0.39 is 5.97 Å². The Labute approximate surface area is 98.6 Å². The maximum Gasteiger partial charge on any atom is 0.0419 e. The summed E-state index contributed by atoms with van der Waals surface area (Å²) in [6.45, 7) is 0. The van der Waals surface area contributed by atoms with Crippen molar-refractivity contribution >= 4 is 21.9 Å². The first-order valence-corrected chi connectivity index (χ1v) is 6.67. The van der Waals surface area contributed by atoms with E-state index in [1.165, 1.54) is 19.3 Å². The molecule has 0 aromatic heterocycles. The van der Waals surface area contributed by atoms with Crippen LogP contribution in [0.4, 0.5) is 0 Å². The van der Waals surface area contributed by atoms with E-state index in [1.54, 1.807) is 0 Å². The monoisotopic (exact) mass is 271 g/mol. The van der Waals surface area contributed by atoms with Crippen LogP contribution in [0.25, 0.3) is 0 Å². The molecule has 4 saturated carbocycles. The van der Waals surface area contributed by atoms with Gasteiger partial charge in [-0.25, -0.2) is 0 Å². The minimum Gasteiger partial charge on any atom is -0.550 e. The lowest BCUT2D eigenvalue weighted by molar-refractivity contribution is -0.309. The molecule has 0 radical (unpaired) electrons. The lowest BCUT2D eigenvalue weighted by Gasteiger charge is -2.60. The second-order valence-electron chi connectivity index (χ2n) is 6.16. The third kappa shape index (κ3) is 1.63. The molecule has 0 saturated heterocycles. The molecule has 4 rings (SSSR count). The van der Waals surface area contributed by atoms with Gasteiger partial charge in [-0.2, -0.15) is 0 Å². The van der Waals surface area contributed by atoms with Gasteiger partial charge in [-0.3, -0.25) is 0 Å². The number of carbonyl (C=O) groups excluding carboxylic acids is 1. The van der Waals surface area contributed by atoms with Gasteiger partial charge in [0.15, 0.2) is 0 Å². The van der Waals surface area contributed by atoms with E-state index >= 15 is 0 Å². The highest BCUT2D eigenvalue weighted by Gasteiger charge is 2.56. The number of carboxylic acids is 1. The summed E-state index contributed by atoms with van der Waals surface area (Å²) in [5, 5.41) is 10.9. The summed E-state index contributed by atoms with van der Waals surface area (Å²) in [4.78, 5) is 10.9. The molecule has 0 aromatic carbocycles. The molecule has 0 heterocycles. The smallest absolute Gasteiger partial charge is 0.0419 e. The van der Waals surface area contributed by atoms with Crippen LogP contribution >= 0.6 is 15.9 Å². The lowest BCUT2D eigenvalue weighted by Crippen LogP contribution is -2.54. The molecule has 2 nitrogen and oxygen atoms in total. The van der Waals surface area contributed by atoms with E-state index in [0.717, 1.165) is 31.1 Å². The van der Waals surface area contributed by atoms with Gasteiger partial charge in [0.25, 0.3) is 0 Å². The average molecular weight is 272 g/mol. The number of carboxylic acid groups (broad SMARTS) is 1. The SMILES string of the molecule is O=C([O-])CC12C[C@H]3C[C@@H](CC(Br)(C3)C1)C2. The quantitative estimate of drug-likeness (QED) is 0.720. The maximum atomic E-state index is 10.9. The third-order valence-electron chi connectivity index (χ3n) is 4.63. The number of hydrogen-bond acceptors (Lipinski definition) is 2. The Morgan fingerprint density at radius 2 is 1.87 bits per heavy atom. The van der Waals surface area contributed by atoms with Crippen LogP contribution < -0.4 is 5.11 Å². The van der Waals surface area contributed by atoms with Gasteiger partial charge < -0.3 is 9.90 Å². The Kier molecular flexibility index (Phi) is 2.02. The molecule has 4 aliphatic carbocycles. The standard InChI is InChI=1S/C12H17BrO2/c13-12-4-8-1-9(5-12)3-11(2-8,7-12)6-10(14)15/h8-9H,1-7H2,(H,14,15)/p-1/t8-,9-,11?,12?/m1/s1. The summed E-state index contributed by atoms with van der Waals surface area (Å²) in [6.07, 6.45) is 7.46. The van der Waals surface area contributed by atoms with E-state index in [1.807, 2.05) is 0 Å². The van der Waals surface area contributed by atoms with Crippen molar-refractivity contribution in [3.63, 3.8) is 0 Å². The Morgan fingerprint density at radius 3 is 2.33 bits per heavy atom. The van der Waals surface area contributed by atoms with Crippen LogP contribution in [-0.2, 0) is 4.79 Å². The molecule has 4 bridgehead atoms.